The van der Waals surface area contributed by atoms with E-state index in [0.29, 0.717) is 12.5 Å². The molecular weight excluding hydrogens is 203 g/mol. The first-order chi connectivity index (χ1) is 7.90. The molecule has 1 fully saturated rings. The number of anilines is 1. The Bertz CT molecular complexity index is 321. The van der Waals surface area contributed by atoms with Crippen molar-refractivity contribution in [3.05, 3.63) is 29.8 Å². The average Bonchev–Trinajstić information content (AvgIpc) is 2.38. The molecule has 0 bridgehead atoms. The van der Waals surface area contributed by atoms with Crippen molar-refractivity contribution < 1.29 is 4.39 Å². The van der Waals surface area contributed by atoms with Gasteiger partial charge < -0.3 is 10.6 Å². The van der Waals surface area contributed by atoms with Crippen LogP contribution in [0.1, 0.15) is 24.3 Å². The maximum absolute atomic E-state index is 12.1. The minimum atomic E-state index is -0.324. The standard InChI is InChI=1S/C13H19FN2/c14-6-8-16-13-5-1-3-11(9-13)12-4-2-7-15-10-12/h1,3,5,9,12,15-16H,2,4,6-8,10H2. The molecule has 0 saturated carbocycles. The van der Waals surface area contributed by atoms with Crippen LogP contribution in [-0.4, -0.2) is 26.3 Å². The van der Waals surface area contributed by atoms with Gasteiger partial charge in [-0.1, -0.05) is 12.1 Å². The highest BCUT2D eigenvalue weighted by Gasteiger charge is 2.14. The Morgan fingerprint density at radius 1 is 1.44 bits per heavy atom. The monoisotopic (exact) mass is 222 g/mol. The predicted octanol–water partition coefficient (Wildman–Crippen LogP) is 2.54. The van der Waals surface area contributed by atoms with E-state index in [2.05, 4.69) is 22.8 Å². The highest BCUT2D eigenvalue weighted by molar-refractivity contribution is 5.46. The highest BCUT2D eigenvalue weighted by Crippen LogP contribution is 2.25. The topological polar surface area (TPSA) is 24.1 Å². The fourth-order valence-corrected chi connectivity index (χ4v) is 2.23. The summed E-state index contributed by atoms with van der Waals surface area (Å²) in [6, 6.07) is 8.35. The van der Waals surface area contributed by atoms with Gasteiger partial charge in [0.15, 0.2) is 0 Å². The normalized spacial score (nSPS) is 20.7. The molecule has 1 aliphatic rings. The molecule has 1 aliphatic heterocycles. The predicted molar refractivity (Wildman–Crippen MR) is 65.8 cm³/mol. The third kappa shape index (κ3) is 2.95. The third-order valence-electron chi connectivity index (χ3n) is 3.08. The minimum Gasteiger partial charge on any atom is -0.382 e. The summed E-state index contributed by atoms with van der Waals surface area (Å²) in [5.74, 6) is 0.612. The number of piperidine rings is 1. The van der Waals surface area contributed by atoms with Gasteiger partial charge in [0, 0.05) is 18.8 Å². The summed E-state index contributed by atoms with van der Waals surface area (Å²) in [5.41, 5.74) is 2.39. The van der Waals surface area contributed by atoms with Gasteiger partial charge in [-0.2, -0.15) is 0 Å². The van der Waals surface area contributed by atoms with Crippen LogP contribution >= 0.6 is 0 Å². The van der Waals surface area contributed by atoms with Crippen LogP contribution < -0.4 is 10.6 Å². The van der Waals surface area contributed by atoms with Gasteiger partial charge in [0.1, 0.15) is 6.67 Å². The number of hydrogen-bond acceptors (Lipinski definition) is 2. The summed E-state index contributed by atoms with van der Waals surface area (Å²) in [6.45, 7) is 2.27. The van der Waals surface area contributed by atoms with Crippen LogP contribution in [0.3, 0.4) is 0 Å². The summed E-state index contributed by atoms with van der Waals surface area (Å²) in [6.07, 6.45) is 2.49. The number of halogens is 1. The molecule has 1 aromatic rings. The quantitative estimate of drug-likeness (QED) is 0.818. The largest absolute Gasteiger partial charge is 0.382 e. The molecule has 1 unspecified atom stereocenters. The third-order valence-corrected chi connectivity index (χ3v) is 3.08. The van der Waals surface area contributed by atoms with E-state index in [1.54, 1.807) is 0 Å². The van der Waals surface area contributed by atoms with Crippen LogP contribution in [0.15, 0.2) is 24.3 Å². The highest BCUT2D eigenvalue weighted by atomic mass is 19.1. The molecule has 2 nitrogen and oxygen atoms in total. The second-order valence-electron chi connectivity index (χ2n) is 4.28. The lowest BCUT2D eigenvalue weighted by molar-refractivity contribution is 0.461. The van der Waals surface area contributed by atoms with E-state index in [0.717, 1.165) is 18.8 Å². The van der Waals surface area contributed by atoms with Crippen molar-refractivity contribution in [2.24, 2.45) is 0 Å². The molecule has 1 aromatic carbocycles. The fraction of sp³-hybridized carbons (Fsp3) is 0.538. The summed E-state index contributed by atoms with van der Waals surface area (Å²) in [7, 11) is 0. The Labute approximate surface area is 96.2 Å². The van der Waals surface area contributed by atoms with E-state index in [9.17, 15) is 4.39 Å². The molecule has 16 heavy (non-hydrogen) atoms. The molecule has 0 aromatic heterocycles. The molecular formula is C13H19FN2. The van der Waals surface area contributed by atoms with Gasteiger partial charge in [0.2, 0.25) is 0 Å². The van der Waals surface area contributed by atoms with Gasteiger partial charge in [-0.15, -0.1) is 0 Å². The molecule has 2 rings (SSSR count). The van der Waals surface area contributed by atoms with Crippen molar-refractivity contribution in [3.8, 4) is 0 Å². The number of alkyl halides is 1. The Hall–Kier alpha value is -1.09. The number of hydrogen-bond donors (Lipinski definition) is 2. The van der Waals surface area contributed by atoms with Gasteiger partial charge in [-0.3, -0.25) is 0 Å². The van der Waals surface area contributed by atoms with E-state index < -0.39 is 0 Å². The summed E-state index contributed by atoms with van der Waals surface area (Å²) in [4.78, 5) is 0. The van der Waals surface area contributed by atoms with Crippen LogP contribution in [0.2, 0.25) is 0 Å². The van der Waals surface area contributed by atoms with E-state index in [-0.39, 0.29) is 6.67 Å². The maximum Gasteiger partial charge on any atom is 0.107 e. The molecule has 2 N–H and O–H groups in total. The Kier molecular flexibility index (Phi) is 4.17. The summed E-state index contributed by atoms with van der Waals surface area (Å²) in [5, 5.41) is 6.49. The molecule has 1 atom stereocenters. The van der Waals surface area contributed by atoms with Gasteiger partial charge in [0.25, 0.3) is 0 Å². The van der Waals surface area contributed by atoms with Gasteiger partial charge >= 0.3 is 0 Å². The van der Waals surface area contributed by atoms with Crippen molar-refractivity contribution in [2.75, 3.05) is 31.6 Å². The number of nitrogens with one attached hydrogen (secondary N) is 2. The average molecular weight is 222 g/mol. The number of rotatable bonds is 4. The summed E-state index contributed by atoms with van der Waals surface area (Å²) < 4.78 is 12.1. The smallest absolute Gasteiger partial charge is 0.107 e. The Morgan fingerprint density at radius 2 is 2.38 bits per heavy atom. The van der Waals surface area contributed by atoms with Gasteiger partial charge in [-0.05, 0) is 43.0 Å². The lowest BCUT2D eigenvalue weighted by atomic mass is 9.91. The molecule has 3 heteroatoms. The van der Waals surface area contributed by atoms with Crippen molar-refractivity contribution in [2.45, 2.75) is 18.8 Å². The SMILES string of the molecule is FCCNc1cccc(C2CCCNC2)c1. The van der Waals surface area contributed by atoms with E-state index in [1.807, 2.05) is 12.1 Å². The van der Waals surface area contributed by atoms with Crippen LogP contribution in [0.5, 0.6) is 0 Å². The lowest BCUT2D eigenvalue weighted by Crippen LogP contribution is -2.28. The van der Waals surface area contributed by atoms with Crippen LogP contribution in [0.4, 0.5) is 10.1 Å². The molecule has 0 spiro atoms. The van der Waals surface area contributed by atoms with E-state index in [4.69, 9.17) is 0 Å². The van der Waals surface area contributed by atoms with Crippen molar-refractivity contribution in [1.29, 1.82) is 0 Å². The van der Waals surface area contributed by atoms with Gasteiger partial charge in [0.05, 0.1) is 0 Å². The molecule has 0 radical (unpaired) electrons. The molecule has 0 aliphatic carbocycles. The Balaban J connectivity index is 2.02. The van der Waals surface area contributed by atoms with Crippen LogP contribution in [0.25, 0.3) is 0 Å². The second-order valence-corrected chi connectivity index (χ2v) is 4.28. The second kappa shape index (κ2) is 5.85. The maximum atomic E-state index is 12.1. The van der Waals surface area contributed by atoms with Crippen LogP contribution in [-0.2, 0) is 0 Å². The first-order valence-electron chi connectivity index (χ1n) is 6.00. The zero-order valence-corrected chi connectivity index (χ0v) is 9.51. The van der Waals surface area contributed by atoms with Gasteiger partial charge in [-0.25, -0.2) is 4.39 Å². The van der Waals surface area contributed by atoms with Crippen molar-refractivity contribution >= 4 is 5.69 Å². The molecule has 1 heterocycles. The molecule has 88 valence electrons. The summed E-state index contributed by atoms with van der Waals surface area (Å²) >= 11 is 0. The van der Waals surface area contributed by atoms with E-state index >= 15 is 0 Å². The first-order valence-corrected chi connectivity index (χ1v) is 6.00. The zero-order chi connectivity index (χ0) is 11.2. The first kappa shape index (κ1) is 11.4. The fourth-order valence-electron chi connectivity index (χ4n) is 2.23. The van der Waals surface area contributed by atoms with Crippen molar-refractivity contribution in [1.82, 2.24) is 5.32 Å². The van der Waals surface area contributed by atoms with E-state index in [1.165, 1.54) is 18.4 Å². The zero-order valence-electron chi connectivity index (χ0n) is 9.51. The number of benzene rings is 1. The molecule has 1 saturated heterocycles. The minimum absolute atomic E-state index is 0.324. The van der Waals surface area contributed by atoms with Crippen LogP contribution in [0, 0.1) is 0 Å². The van der Waals surface area contributed by atoms with Crippen molar-refractivity contribution in [3.63, 3.8) is 0 Å². The Morgan fingerprint density at radius 3 is 3.12 bits per heavy atom. The molecule has 0 amide bonds. The lowest BCUT2D eigenvalue weighted by Gasteiger charge is -2.23.